The highest BCUT2D eigenvalue weighted by atomic mass is 16.5. The van der Waals surface area contributed by atoms with Gasteiger partial charge in [-0.3, -0.25) is 14.8 Å². The van der Waals surface area contributed by atoms with Crippen molar-refractivity contribution in [2.45, 2.75) is 20.0 Å². The third-order valence-electron chi connectivity index (χ3n) is 4.84. The van der Waals surface area contributed by atoms with E-state index in [4.69, 9.17) is 15.2 Å². The molecule has 2 aliphatic heterocycles. The summed E-state index contributed by atoms with van der Waals surface area (Å²) in [5, 5.41) is 0. The normalized spacial score (nSPS) is 18.3. The Balaban J connectivity index is 0.000000161. The molecule has 2 aromatic heterocycles. The van der Waals surface area contributed by atoms with Crippen LogP contribution in [-0.2, 0) is 22.6 Å². The van der Waals surface area contributed by atoms with Crippen LogP contribution in [0.25, 0.3) is 0 Å². The molecule has 2 aromatic rings. The zero-order valence-electron chi connectivity index (χ0n) is 16.7. The predicted octanol–water partition coefficient (Wildman–Crippen LogP) is 1.72. The lowest BCUT2D eigenvalue weighted by molar-refractivity contribution is 0.0341. The number of nitrogens with zero attached hydrogens (tertiary/aromatic N) is 4. The minimum Gasteiger partial charge on any atom is -0.384 e. The van der Waals surface area contributed by atoms with Crippen LogP contribution >= 0.6 is 0 Å². The molecule has 2 aliphatic rings. The SMILES string of the molecule is Cc1ccc(CN2CCOCC2)cn1.Nc1ccc(CN2CCOCC2)cn1. The molecule has 7 heteroatoms. The summed E-state index contributed by atoms with van der Waals surface area (Å²) in [4.78, 5) is 13.1. The van der Waals surface area contributed by atoms with Gasteiger partial charge in [-0.1, -0.05) is 12.1 Å². The zero-order chi connectivity index (χ0) is 19.6. The van der Waals surface area contributed by atoms with Gasteiger partial charge in [0.1, 0.15) is 5.82 Å². The molecule has 28 heavy (non-hydrogen) atoms. The predicted molar refractivity (Wildman–Crippen MR) is 110 cm³/mol. The molecular weight excluding hydrogens is 354 g/mol. The number of anilines is 1. The van der Waals surface area contributed by atoms with E-state index < -0.39 is 0 Å². The van der Waals surface area contributed by atoms with E-state index in [0.717, 1.165) is 71.4 Å². The first-order valence-corrected chi connectivity index (χ1v) is 9.91. The molecule has 7 nitrogen and oxygen atoms in total. The highest BCUT2D eigenvalue weighted by Crippen LogP contribution is 2.07. The number of rotatable bonds is 4. The van der Waals surface area contributed by atoms with Crippen LogP contribution in [0.3, 0.4) is 0 Å². The summed E-state index contributed by atoms with van der Waals surface area (Å²) in [5.41, 5.74) is 9.09. The molecule has 0 unspecified atom stereocenters. The molecule has 152 valence electrons. The van der Waals surface area contributed by atoms with E-state index in [1.54, 1.807) is 0 Å². The van der Waals surface area contributed by atoms with Gasteiger partial charge in [0, 0.05) is 57.4 Å². The van der Waals surface area contributed by atoms with E-state index >= 15 is 0 Å². The first-order valence-electron chi connectivity index (χ1n) is 9.91. The fourth-order valence-electron chi connectivity index (χ4n) is 3.16. The second kappa shape index (κ2) is 11.1. The Morgan fingerprint density at radius 2 is 1.29 bits per heavy atom. The molecule has 0 bridgehead atoms. The van der Waals surface area contributed by atoms with Crippen molar-refractivity contribution < 1.29 is 9.47 Å². The Hall–Kier alpha value is -2.06. The third-order valence-corrected chi connectivity index (χ3v) is 4.84. The second-order valence-corrected chi connectivity index (χ2v) is 7.18. The van der Waals surface area contributed by atoms with Gasteiger partial charge >= 0.3 is 0 Å². The van der Waals surface area contributed by atoms with E-state index in [2.05, 4.69) is 31.9 Å². The fraction of sp³-hybridized carbons (Fsp3) is 0.524. The Morgan fingerprint density at radius 3 is 1.71 bits per heavy atom. The molecule has 0 aliphatic carbocycles. The molecule has 0 amide bonds. The molecule has 0 atom stereocenters. The molecule has 2 saturated heterocycles. The van der Waals surface area contributed by atoms with Gasteiger partial charge in [-0.2, -0.15) is 0 Å². The maximum absolute atomic E-state index is 5.52. The third kappa shape index (κ3) is 7.16. The van der Waals surface area contributed by atoms with Crippen LogP contribution in [0.15, 0.2) is 36.7 Å². The smallest absolute Gasteiger partial charge is 0.123 e. The molecule has 2 N–H and O–H groups in total. The monoisotopic (exact) mass is 385 g/mol. The zero-order valence-corrected chi connectivity index (χ0v) is 16.7. The minimum atomic E-state index is 0.579. The fourth-order valence-corrected chi connectivity index (χ4v) is 3.16. The first-order chi connectivity index (χ1) is 13.7. The quantitative estimate of drug-likeness (QED) is 0.859. The summed E-state index contributed by atoms with van der Waals surface area (Å²) in [7, 11) is 0. The van der Waals surface area contributed by atoms with Crippen LogP contribution in [0.1, 0.15) is 16.8 Å². The van der Waals surface area contributed by atoms with Crippen molar-refractivity contribution in [3.05, 3.63) is 53.5 Å². The first kappa shape index (κ1) is 20.7. The largest absolute Gasteiger partial charge is 0.384 e. The van der Waals surface area contributed by atoms with Gasteiger partial charge in [0.05, 0.1) is 26.4 Å². The topological polar surface area (TPSA) is 76.7 Å². The van der Waals surface area contributed by atoms with Gasteiger partial charge in [-0.05, 0) is 30.2 Å². The number of ether oxygens (including phenoxy) is 2. The molecule has 0 saturated carbocycles. The maximum Gasteiger partial charge on any atom is 0.123 e. The Labute approximate surface area is 167 Å². The van der Waals surface area contributed by atoms with Crippen molar-refractivity contribution in [1.29, 1.82) is 0 Å². The van der Waals surface area contributed by atoms with E-state index in [0.29, 0.717) is 5.82 Å². The van der Waals surface area contributed by atoms with Crippen LogP contribution in [0.5, 0.6) is 0 Å². The number of aryl methyl sites for hydroxylation is 1. The lowest BCUT2D eigenvalue weighted by Gasteiger charge is -2.26. The summed E-state index contributed by atoms with van der Waals surface area (Å²) in [6.07, 6.45) is 3.80. The highest BCUT2D eigenvalue weighted by molar-refractivity contribution is 5.29. The summed E-state index contributed by atoms with van der Waals surface area (Å²) < 4.78 is 10.6. The summed E-state index contributed by atoms with van der Waals surface area (Å²) in [5.74, 6) is 0.579. The Bertz CT molecular complexity index is 619. The molecule has 4 heterocycles. The van der Waals surface area contributed by atoms with Crippen molar-refractivity contribution in [2.75, 3.05) is 58.3 Å². The van der Waals surface area contributed by atoms with Gasteiger partial charge in [0.25, 0.3) is 0 Å². The number of morpholine rings is 2. The van der Waals surface area contributed by atoms with E-state index in [-0.39, 0.29) is 0 Å². The lowest BCUT2D eigenvalue weighted by Crippen LogP contribution is -2.35. The molecule has 0 aromatic carbocycles. The van der Waals surface area contributed by atoms with Gasteiger partial charge in [-0.25, -0.2) is 4.98 Å². The van der Waals surface area contributed by atoms with Gasteiger partial charge in [0.2, 0.25) is 0 Å². The van der Waals surface area contributed by atoms with Gasteiger partial charge in [-0.15, -0.1) is 0 Å². The molecular formula is C21H31N5O2. The van der Waals surface area contributed by atoms with Crippen LogP contribution in [0.4, 0.5) is 5.82 Å². The highest BCUT2D eigenvalue weighted by Gasteiger charge is 2.11. The van der Waals surface area contributed by atoms with Crippen molar-refractivity contribution in [2.24, 2.45) is 0 Å². The summed E-state index contributed by atoms with van der Waals surface area (Å²) in [6, 6.07) is 8.08. The molecule has 0 radical (unpaired) electrons. The van der Waals surface area contributed by atoms with Crippen molar-refractivity contribution >= 4 is 5.82 Å². The molecule has 0 spiro atoms. The van der Waals surface area contributed by atoms with E-state index in [1.807, 2.05) is 31.5 Å². The summed E-state index contributed by atoms with van der Waals surface area (Å²) >= 11 is 0. The Morgan fingerprint density at radius 1 is 0.786 bits per heavy atom. The number of hydrogen-bond donors (Lipinski definition) is 1. The van der Waals surface area contributed by atoms with Crippen molar-refractivity contribution in [1.82, 2.24) is 19.8 Å². The average Bonchev–Trinajstić information content (AvgIpc) is 2.74. The van der Waals surface area contributed by atoms with Crippen LogP contribution in [-0.4, -0.2) is 72.4 Å². The van der Waals surface area contributed by atoms with Crippen LogP contribution < -0.4 is 5.73 Å². The average molecular weight is 386 g/mol. The number of nitrogen functional groups attached to an aromatic ring is 1. The van der Waals surface area contributed by atoms with Crippen LogP contribution in [0.2, 0.25) is 0 Å². The number of pyridine rings is 2. The molecule has 2 fully saturated rings. The number of nitrogens with two attached hydrogens (primary N) is 1. The maximum atomic E-state index is 5.52. The molecule has 4 rings (SSSR count). The van der Waals surface area contributed by atoms with E-state index in [1.165, 1.54) is 11.1 Å². The van der Waals surface area contributed by atoms with E-state index in [9.17, 15) is 0 Å². The number of aromatic nitrogens is 2. The van der Waals surface area contributed by atoms with Gasteiger partial charge < -0.3 is 15.2 Å². The summed E-state index contributed by atoms with van der Waals surface area (Å²) in [6.45, 7) is 11.4. The standard InChI is InChI=1S/C11H16N2O.C10H15N3O/c1-10-2-3-11(8-12-10)9-13-4-6-14-7-5-13;11-10-2-1-9(7-12-10)8-13-3-5-14-6-4-13/h2-3,8H,4-7,9H2,1H3;1-2,7H,3-6,8H2,(H2,11,12). The number of hydrogen-bond acceptors (Lipinski definition) is 7. The van der Waals surface area contributed by atoms with Crippen molar-refractivity contribution in [3.63, 3.8) is 0 Å². The van der Waals surface area contributed by atoms with Gasteiger partial charge in [0.15, 0.2) is 0 Å². The second-order valence-electron chi connectivity index (χ2n) is 7.18. The minimum absolute atomic E-state index is 0.579. The van der Waals surface area contributed by atoms with Crippen LogP contribution in [0, 0.1) is 6.92 Å². The Kier molecular flexibility index (Phi) is 8.17. The lowest BCUT2D eigenvalue weighted by atomic mass is 10.2. The van der Waals surface area contributed by atoms with Crippen molar-refractivity contribution in [3.8, 4) is 0 Å².